The molecule has 0 bridgehead atoms. The molecule has 160 valence electrons. The van der Waals surface area contributed by atoms with Crippen molar-refractivity contribution >= 4 is 0 Å². The zero-order chi connectivity index (χ0) is 19.4. The molecule has 4 aliphatic carbocycles. The summed E-state index contributed by atoms with van der Waals surface area (Å²) in [5.74, 6) is 2.84. The quantitative estimate of drug-likeness (QED) is 0.531. The van der Waals surface area contributed by atoms with Crippen LogP contribution in [0.2, 0.25) is 0 Å². The van der Waals surface area contributed by atoms with Crippen LogP contribution in [0.15, 0.2) is 0 Å². The zero-order valence-electron chi connectivity index (χ0n) is 18.8. The monoisotopic (exact) mass is 388 g/mol. The standard InChI is InChI=1S/C26H44O2/c1-24-14-6-4-8-19(24)12-15-25(2)21-10-11-23(26(21,3)16-13-22(24)25)28-18-20-9-5-7-17-27-20/h19-23H,4-18H2,1-3H3/t19-,20?,21?,22-,23+,24+,25+,26+/m1/s1. The molecule has 0 radical (unpaired) electrons. The molecule has 28 heavy (non-hydrogen) atoms. The first-order valence-electron chi connectivity index (χ1n) is 12.7. The molecule has 8 atom stereocenters. The normalized spacial score (nSPS) is 53.9. The molecule has 0 aromatic heterocycles. The molecule has 4 saturated carbocycles. The van der Waals surface area contributed by atoms with Gasteiger partial charge in [0.1, 0.15) is 0 Å². The predicted molar refractivity (Wildman–Crippen MR) is 114 cm³/mol. The maximum Gasteiger partial charge on any atom is 0.0808 e. The molecule has 0 N–H and O–H groups in total. The van der Waals surface area contributed by atoms with Crippen LogP contribution in [-0.4, -0.2) is 25.4 Å². The third-order valence-electron chi connectivity index (χ3n) is 10.8. The van der Waals surface area contributed by atoms with Gasteiger partial charge in [0, 0.05) is 6.61 Å². The van der Waals surface area contributed by atoms with Gasteiger partial charge in [-0.15, -0.1) is 0 Å². The van der Waals surface area contributed by atoms with Crippen LogP contribution in [0.3, 0.4) is 0 Å². The Labute approximate surface area is 173 Å². The van der Waals surface area contributed by atoms with Crippen molar-refractivity contribution in [3.05, 3.63) is 0 Å². The van der Waals surface area contributed by atoms with Gasteiger partial charge in [0.25, 0.3) is 0 Å². The van der Waals surface area contributed by atoms with Crippen LogP contribution in [0.4, 0.5) is 0 Å². The summed E-state index contributed by atoms with van der Waals surface area (Å²) in [5.41, 5.74) is 1.58. The highest BCUT2D eigenvalue weighted by Gasteiger charge is 2.64. The van der Waals surface area contributed by atoms with Crippen LogP contribution in [0, 0.1) is 34.0 Å². The lowest BCUT2D eigenvalue weighted by atomic mass is 9.40. The molecule has 2 heteroatoms. The first kappa shape index (κ1) is 19.9. The number of rotatable bonds is 3. The maximum absolute atomic E-state index is 6.65. The largest absolute Gasteiger partial charge is 0.376 e. The van der Waals surface area contributed by atoms with Crippen LogP contribution in [0.5, 0.6) is 0 Å². The fraction of sp³-hybridized carbons (Fsp3) is 1.00. The fourth-order valence-corrected chi connectivity index (χ4v) is 9.36. The molecule has 1 heterocycles. The lowest BCUT2D eigenvalue weighted by molar-refractivity contribution is -0.180. The van der Waals surface area contributed by atoms with E-state index in [4.69, 9.17) is 9.47 Å². The van der Waals surface area contributed by atoms with Gasteiger partial charge in [-0.1, -0.05) is 33.6 Å². The average molecular weight is 389 g/mol. The number of ether oxygens (including phenoxy) is 2. The molecule has 2 unspecified atom stereocenters. The summed E-state index contributed by atoms with van der Waals surface area (Å²) in [6.07, 6.45) is 19.1. The van der Waals surface area contributed by atoms with Gasteiger partial charge >= 0.3 is 0 Å². The molecule has 0 aromatic carbocycles. The zero-order valence-corrected chi connectivity index (χ0v) is 18.8. The summed E-state index contributed by atoms with van der Waals surface area (Å²) >= 11 is 0. The molecule has 2 nitrogen and oxygen atoms in total. The van der Waals surface area contributed by atoms with Crippen LogP contribution in [-0.2, 0) is 9.47 Å². The smallest absolute Gasteiger partial charge is 0.0808 e. The first-order chi connectivity index (χ1) is 13.5. The summed E-state index contributed by atoms with van der Waals surface area (Å²) in [5, 5.41) is 0. The van der Waals surface area contributed by atoms with Crippen molar-refractivity contribution in [1.82, 2.24) is 0 Å². The van der Waals surface area contributed by atoms with Crippen molar-refractivity contribution in [3.63, 3.8) is 0 Å². The van der Waals surface area contributed by atoms with Crippen LogP contribution < -0.4 is 0 Å². The van der Waals surface area contributed by atoms with Crippen molar-refractivity contribution in [2.45, 2.75) is 116 Å². The van der Waals surface area contributed by atoms with E-state index in [1.165, 1.54) is 83.5 Å². The van der Waals surface area contributed by atoms with Gasteiger partial charge in [0.15, 0.2) is 0 Å². The molecule has 5 aliphatic rings. The minimum Gasteiger partial charge on any atom is -0.376 e. The fourth-order valence-electron chi connectivity index (χ4n) is 9.36. The van der Waals surface area contributed by atoms with Gasteiger partial charge in [-0.2, -0.15) is 0 Å². The molecule has 5 fully saturated rings. The van der Waals surface area contributed by atoms with Gasteiger partial charge in [0.2, 0.25) is 0 Å². The molecular weight excluding hydrogens is 344 g/mol. The van der Waals surface area contributed by atoms with Gasteiger partial charge in [0.05, 0.1) is 18.8 Å². The Morgan fingerprint density at radius 3 is 2.32 bits per heavy atom. The van der Waals surface area contributed by atoms with E-state index in [9.17, 15) is 0 Å². The molecular formula is C26H44O2. The van der Waals surface area contributed by atoms with E-state index in [0.29, 0.717) is 28.5 Å². The second kappa shape index (κ2) is 7.26. The Hall–Kier alpha value is -0.0800. The molecule has 0 amide bonds. The summed E-state index contributed by atoms with van der Waals surface area (Å²) in [4.78, 5) is 0. The number of hydrogen-bond donors (Lipinski definition) is 0. The van der Waals surface area contributed by atoms with E-state index >= 15 is 0 Å². The van der Waals surface area contributed by atoms with E-state index in [0.717, 1.165) is 31.0 Å². The lowest BCUT2D eigenvalue weighted by Gasteiger charge is -2.65. The van der Waals surface area contributed by atoms with E-state index in [1.54, 1.807) is 0 Å². The molecule has 0 spiro atoms. The van der Waals surface area contributed by atoms with E-state index < -0.39 is 0 Å². The highest BCUT2D eigenvalue weighted by atomic mass is 16.5. The lowest BCUT2D eigenvalue weighted by Crippen LogP contribution is -2.58. The van der Waals surface area contributed by atoms with Crippen molar-refractivity contribution < 1.29 is 9.47 Å². The van der Waals surface area contributed by atoms with Gasteiger partial charge in [-0.3, -0.25) is 0 Å². The third-order valence-corrected chi connectivity index (χ3v) is 10.8. The van der Waals surface area contributed by atoms with Gasteiger partial charge in [-0.05, 0) is 105 Å². The second-order valence-corrected chi connectivity index (χ2v) is 12.0. The Bertz CT molecular complexity index is 569. The minimum atomic E-state index is 0.361. The molecule has 1 saturated heterocycles. The predicted octanol–water partition coefficient (Wildman–Crippen LogP) is 6.76. The van der Waals surface area contributed by atoms with E-state index in [1.807, 2.05) is 0 Å². The Morgan fingerprint density at radius 1 is 0.714 bits per heavy atom. The minimum absolute atomic E-state index is 0.361. The highest BCUT2D eigenvalue weighted by Crippen LogP contribution is 2.71. The van der Waals surface area contributed by atoms with Crippen LogP contribution in [0.25, 0.3) is 0 Å². The second-order valence-electron chi connectivity index (χ2n) is 12.0. The van der Waals surface area contributed by atoms with Gasteiger partial charge < -0.3 is 9.47 Å². The Morgan fingerprint density at radius 2 is 1.50 bits per heavy atom. The molecule has 5 rings (SSSR count). The highest BCUT2D eigenvalue weighted by molar-refractivity contribution is 5.14. The molecule has 1 aliphatic heterocycles. The summed E-state index contributed by atoms with van der Waals surface area (Å²) in [6, 6.07) is 0. The number of hydrogen-bond acceptors (Lipinski definition) is 2. The SMILES string of the molecule is C[C@]12CCCC[C@@H]1CC[C@@]1(C)C3CC[C@H](OCC4CCCCO4)[C@@]3(C)CC[C@H]21. The summed E-state index contributed by atoms with van der Waals surface area (Å²) in [7, 11) is 0. The topological polar surface area (TPSA) is 18.5 Å². The first-order valence-corrected chi connectivity index (χ1v) is 12.7. The number of fused-ring (bicyclic) bond motifs is 5. The average Bonchev–Trinajstić information content (AvgIpc) is 3.04. The van der Waals surface area contributed by atoms with E-state index in [-0.39, 0.29) is 0 Å². The van der Waals surface area contributed by atoms with Crippen molar-refractivity contribution in [1.29, 1.82) is 0 Å². The van der Waals surface area contributed by atoms with Crippen molar-refractivity contribution in [3.8, 4) is 0 Å². The Balaban J connectivity index is 1.32. The summed E-state index contributed by atoms with van der Waals surface area (Å²) in [6.45, 7) is 9.80. The van der Waals surface area contributed by atoms with E-state index in [2.05, 4.69) is 20.8 Å². The third kappa shape index (κ3) is 2.95. The van der Waals surface area contributed by atoms with Crippen LogP contribution >= 0.6 is 0 Å². The Kier molecular flexibility index (Phi) is 5.15. The van der Waals surface area contributed by atoms with Crippen LogP contribution in [0.1, 0.15) is 104 Å². The molecule has 0 aromatic rings. The van der Waals surface area contributed by atoms with Crippen molar-refractivity contribution in [2.75, 3.05) is 13.2 Å². The van der Waals surface area contributed by atoms with Crippen molar-refractivity contribution in [2.24, 2.45) is 34.0 Å². The van der Waals surface area contributed by atoms with Gasteiger partial charge in [-0.25, -0.2) is 0 Å². The summed E-state index contributed by atoms with van der Waals surface area (Å²) < 4.78 is 12.6. The maximum atomic E-state index is 6.65.